The Balaban J connectivity index is 1.96. The molecule has 0 atom stereocenters. The molecule has 0 saturated carbocycles. The van der Waals surface area contributed by atoms with Crippen LogP contribution < -0.4 is 4.74 Å². The van der Waals surface area contributed by atoms with Gasteiger partial charge in [0.25, 0.3) is 0 Å². The maximum atomic E-state index is 6.07. The summed E-state index contributed by atoms with van der Waals surface area (Å²) in [6.45, 7) is 0. The quantitative estimate of drug-likeness (QED) is 0.737. The molecule has 0 spiro atoms. The first kappa shape index (κ1) is 11.6. The van der Waals surface area contributed by atoms with E-state index in [0.717, 1.165) is 17.0 Å². The lowest BCUT2D eigenvalue weighted by molar-refractivity contribution is 0.238. The minimum atomic E-state index is -0.0963. The number of rotatable bonds is 4. The van der Waals surface area contributed by atoms with E-state index in [4.69, 9.17) is 4.74 Å². The monoisotopic (exact) mass is 249 g/mol. The zero-order valence-corrected chi connectivity index (χ0v) is 10.5. The summed E-state index contributed by atoms with van der Waals surface area (Å²) < 4.78 is 6.07. The molecule has 2 aromatic carbocycles. The zero-order chi connectivity index (χ0) is 12.9. The Hall–Kier alpha value is -2.48. The Labute approximate surface area is 112 Å². The van der Waals surface area contributed by atoms with Crippen molar-refractivity contribution in [2.24, 2.45) is 0 Å². The van der Waals surface area contributed by atoms with Crippen LogP contribution in [0.2, 0.25) is 0 Å². The van der Waals surface area contributed by atoms with Gasteiger partial charge in [-0.15, -0.1) is 0 Å². The second-order valence-corrected chi connectivity index (χ2v) is 4.35. The van der Waals surface area contributed by atoms with Crippen molar-refractivity contribution < 1.29 is 4.74 Å². The summed E-state index contributed by atoms with van der Waals surface area (Å²) in [6, 6.07) is 24.4. The van der Waals surface area contributed by atoms with Gasteiger partial charge in [0.15, 0.2) is 12.0 Å². The van der Waals surface area contributed by atoms with E-state index in [1.165, 1.54) is 0 Å². The fraction of sp³-hybridized carbons (Fsp3) is 0.0588. The number of benzene rings is 2. The van der Waals surface area contributed by atoms with E-state index in [1.807, 2.05) is 54.7 Å². The first-order valence-corrected chi connectivity index (χ1v) is 6.33. The number of nitrogens with one attached hydrogen (secondary N) is 1. The van der Waals surface area contributed by atoms with E-state index in [9.17, 15) is 0 Å². The summed E-state index contributed by atoms with van der Waals surface area (Å²) in [4.78, 5) is 3.08. The molecule has 94 valence electrons. The van der Waals surface area contributed by atoms with Crippen LogP contribution in [-0.2, 0) is 0 Å². The van der Waals surface area contributed by atoms with Crippen molar-refractivity contribution in [1.29, 1.82) is 0 Å². The second kappa shape index (κ2) is 5.44. The summed E-state index contributed by atoms with van der Waals surface area (Å²) in [7, 11) is 0. The summed E-state index contributed by atoms with van der Waals surface area (Å²) in [6.07, 6.45) is 1.77. The van der Waals surface area contributed by atoms with Crippen LogP contribution in [0.15, 0.2) is 79.0 Å². The Morgan fingerprint density at radius 2 is 1.26 bits per heavy atom. The van der Waals surface area contributed by atoms with Gasteiger partial charge in [-0.3, -0.25) is 0 Å². The van der Waals surface area contributed by atoms with Gasteiger partial charge in [0.2, 0.25) is 0 Å². The van der Waals surface area contributed by atoms with Gasteiger partial charge in [-0.05, 0) is 23.3 Å². The molecule has 1 aromatic heterocycles. The van der Waals surface area contributed by atoms with Gasteiger partial charge in [-0.1, -0.05) is 60.7 Å². The average Bonchev–Trinajstić information content (AvgIpc) is 3.00. The van der Waals surface area contributed by atoms with Crippen LogP contribution >= 0.6 is 0 Å². The summed E-state index contributed by atoms with van der Waals surface area (Å²) in [5.41, 5.74) is 2.28. The fourth-order valence-corrected chi connectivity index (χ4v) is 2.10. The van der Waals surface area contributed by atoms with E-state index in [0.29, 0.717) is 0 Å². The third-order valence-electron chi connectivity index (χ3n) is 3.02. The molecular formula is C17H15NO. The molecule has 2 nitrogen and oxygen atoms in total. The van der Waals surface area contributed by atoms with Crippen LogP contribution in [-0.4, -0.2) is 4.98 Å². The zero-order valence-electron chi connectivity index (χ0n) is 10.5. The van der Waals surface area contributed by atoms with Gasteiger partial charge in [0, 0.05) is 6.20 Å². The lowest BCUT2D eigenvalue weighted by atomic mass is 10.0. The molecule has 3 rings (SSSR count). The number of hydrogen-bond acceptors (Lipinski definition) is 1. The van der Waals surface area contributed by atoms with Crippen LogP contribution in [0.1, 0.15) is 17.2 Å². The third kappa shape index (κ3) is 2.68. The van der Waals surface area contributed by atoms with E-state index >= 15 is 0 Å². The molecular weight excluding hydrogens is 234 g/mol. The average molecular weight is 249 g/mol. The van der Waals surface area contributed by atoms with Gasteiger partial charge in [0.05, 0.1) is 0 Å². The van der Waals surface area contributed by atoms with Crippen LogP contribution in [0.5, 0.6) is 5.88 Å². The Kier molecular flexibility index (Phi) is 3.32. The number of ether oxygens (including phenoxy) is 1. The largest absolute Gasteiger partial charge is 0.466 e. The SMILES string of the molecule is c1ccc(C(Oc2ccc[nH]2)c2ccccc2)cc1. The normalized spacial score (nSPS) is 10.6. The molecule has 0 aliphatic rings. The Morgan fingerprint density at radius 1 is 0.684 bits per heavy atom. The molecule has 0 aliphatic heterocycles. The number of hydrogen-bond donors (Lipinski definition) is 1. The number of aromatic nitrogens is 1. The number of H-pyrrole nitrogens is 1. The topological polar surface area (TPSA) is 25.0 Å². The summed E-state index contributed by atoms with van der Waals surface area (Å²) in [5.74, 6) is 0.776. The van der Waals surface area contributed by atoms with Crippen LogP contribution in [0, 0.1) is 0 Å². The maximum Gasteiger partial charge on any atom is 0.191 e. The molecule has 0 bridgehead atoms. The van der Waals surface area contributed by atoms with Gasteiger partial charge >= 0.3 is 0 Å². The van der Waals surface area contributed by atoms with Gasteiger partial charge in [0.1, 0.15) is 0 Å². The van der Waals surface area contributed by atoms with E-state index in [-0.39, 0.29) is 6.10 Å². The highest BCUT2D eigenvalue weighted by Crippen LogP contribution is 2.27. The predicted molar refractivity (Wildman–Crippen MR) is 76.1 cm³/mol. The smallest absolute Gasteiger partial charge is 0.191 e. The molecule has 2 heteroatoms. The van der Waals surface area contributed by atoms with Crippen molar-refractivity contribution in [2.75, 3.05) is 0 Å². The standard InChI is InChI=1S/C17H15NO/c1-3-8-14(9-4-1)17(15-10-5-2-6-11-15)19-16-12-7-13-18-16/h1-13,17-18H. The first-order chi connectivity index (χ1) is 9.43. The van der Waals surface area contributed by atoms with Crippen LogP contribution in [0.4, 0.5) is 0 Å². The lowest BCUT2D eigenvalue weighted by Crippen LogP contribution is -2.09. The van der Waals surface area contributed by atoms with Crippen molar-refractivity contribution >= 4 is 0 Å². The van der Waals surface area contributed by atoms with E-state index < -0.39 is 0 Å². The molecule has 1 heterocycles. The minimum absolute atomic E-state index is 0.0963. The van der Waals surface area contributed by atoms with Crippen molar-refractivity contribution in [3.05, 3.63) is 90.1 Å². The van der Waals surface area contributed by atoms with E-state index in [2.05, 4.69) is 29.2 Å². The third-order valence-corrected chi connectivity index (χ3v) is 3.02. The molecule has 0 amide bonds. The number of aromatic amines is 1. The highest BCUT2D eigenvalue weighted by Gasteiger charge is 2.15. The predicted octanol–water partition coefficient (Wildman–Crippen LogP) is 4.18. The lowest BCUT2D eigenvalue weighted by Gasteiger charge is -2.19. The minimum Gasteiger partial charge on any atom is -0.466 e. The molecule has 0 fully saturated rings. The molecule has 1 N–H and O–H groups in total. The van der Waals surface area contributed by atoms with Gasteiger partial charge < -0.3 is 9.72 Å². The van der Waals surface area contributed by atoms with E-state index in [1.54, 1.807) is 0 Å². The van der Waals surface area contributed by atoms with Gasteiger partial charge in [-0.25, -0.2) is 0 Å². The molecule has 3 aromatic rings. The van der Waals surface area contributed by atoms with Crippen molar-refractivity contribution in [3.8, 4) is 5.88 Å². The van der Waals surface area contributed by atoms with Crippen molar-refractivity contribution in [3.63, 3.8) is 0 Å². The summed E-state index contributed by atoms with van der Waals surface area (Å²) in [5, 5.41) is 0. The van der Waals surface area contributed by atoms with Crippen LogP contribution in [0.25, 0.3) is 0 Å². The Morgan fingerprint density at radius 3 is 1.74 bits per heavy atom. The van der Waals surface area contributed by atoms with Crippen molar-refractivity contribution in [1.82, 2.24) is 4.98 Å². The second-order valence-electron chi connectivity index (χ2n) is 4.35. The van der Waals surface area contributed by atoms with Crippen LogP contribution in [0.3, 0.4) is 0 Å². The highest BCUT2D eigenvalue weighted by atomic mass is 16.5. The van der Waals surface area contributed by atoms with Crippen molar-refractivity contribution in [2.45, 2.75) is 6.10 Å². The van der Waals surface area contributed by atoms with Gasteiger partial charge in [-0.2, -0.15) is 0 Å². The molecule has 0 aliphatic carbocycles. The molecule has 0 saturated heterocycles. The Bertz CT molecular complexity index is 563. The molecule has 19 heavy (non-hydrogen) atoms. The summed E-state index contributed by atoms with van der Waals surface area (Å²) >= 11 is 0. The highest BCUT2D eigenvalue weighted by molar-refractivity contribution is 5.31. The molecule has 0 unspecified atom stereocenters. The first-order valence-electron chi connectivity index (χ1n) is 6.33. The fourth-order valence-electron chi connectivity index (χ4n) is 2.10. The maximum absolute atomic E-state index is 6.07. The molecule has 0 radical (unpaired) electrons.